The number of aliphatic hydroxyl groups excluding tert-OH is 1. The zero-order valence-electron chi connectivity index (χ0n) is 60.6. The number of rotatable bonds is 73. The fourth-order valence-electron chi connectivity index (χ4n) is 11.3. The number of hydrogen-bond acceptors (Lipinski definition) is 15. The normalized spacial score (nSPS) is 14.3. The van der Waals surface area contributed by atoms with E-state index in [9.17, 15) is 43.2 Å². The maximum Gasteiger partial charge on any atom is 0.472 e. The Hall–Kier alpha value is -1.94. The van der Waals surface area contributed by atoms with Crippen molar-refractivity contribution in [2.24, 2.45) is 11.8 Å². The Bertz CT molecular complexity index is 1810. The van der Waals surface area contributed by atoms with Crippen LogP contribution in [0.15, 0.2) is 0 Å². The Kier molecular flexibility index (Phi) is 64.6. The number of phosphoric ester groups is 2. The van der Waals surface area contributed by atoms with Crippen molar-refractivity contribution in [1.82, 2.24) is 0 Å². The molecule has 17 nitrogen and oxygen atoms in total. The largest absolute Gasteiger partial charge is 0.472 e. The van der Waals surface area contributed by atoms with Crippen LogP contribution in [0.2, 0.25) is 0 Å². The molecule has 0 aliphatic rings. The molecule has 0 aromatic rings. The van der Waals surface area contributed by atoms with Crippen LogP contribution in [0.4, 0.5) is 0 Å². The van der Waals surface area contributed by atoms with Gasteiger partial charge < -0.3 is 33.8 Å². The second kappa shape index (κ2) is 66.0. The lowest BCUT2D eigenvalue weighted by Crippen LogP contribution is -2.30. The quantitative estimate of drug-likeness (QED) is 0.0222. The van der Waals surface area contributed by atoms with Crippen LogP contribution < -0.4 is 0 Å². The molecule has 0 aliphatic heterocycles. The summed E-state index contributed by atoms with van der Waals surface area (Å²) < 4.78 is 68.5. The Morgan fingerprint density at radius 3 is 0.817 bits per heavy atom. The molecular weight excluding hydrogens is 1220 g/mol. The predicted molar refractivity (Wildman–Crippen MR) is 377 cm³/mol. The minimum absolute atomic E-state index is 0.106. The molecule has 552 valence electrons. The number of hydrogen-bond donors (Lipinski definition) is 3. The maximum absolute atomic E-state index is 13.1. The van der Waals surface area contributed by atoms with Gasteiger partial charge in [0.25, 0.3) is 0 Å². The van der Waals surface area contributed by atoms with Crippen molar-refractivity contribution in [1.29, 1.82) is 0 Å². The van der Waals surface area contributed by atoms with Crippen molar-refractivity contribution in [2.45, 2.75) is 400 Å². The third kappa shape index (κ3) is 67.0. The molecular formula is C74H144O17P2. The van der Waals surface area contributed by atoms with Gasteiger partial charge >= 0.3 is 39.5 Å². The van der Waals surface area contributed by atoms with Gasteiger partial charge in [0.2, 0.25) is 0 Å². The summed E-state index contributed by atoms with van der Waals surface area (Å²) in [5.41, 5.74) is 0. The first-order valence-corrected chi connectivity index (χ1v) is 41.5. The molecule has 3 N–H and O–H groups in total. The lowest BCUT2D eigenvalue weighted by Gasteiger charge is -2.21. The minimum Gasteiger partial charge on any atom is -0.462 e. The van der Waals surface area contributed by atoms with Gasteiger partial charge in [0.05, 0.1) is 26.4 Å². The van der Waals surface area contributed by atoms with Crippen LogP contribution in [0, 0.1) is 11.8 Å². The number of unbranched alkanes of at least 4 members (excludes halogenated alkanes) is 42. The lowest BCUT2D eigenvalue weighted by atomic mass is 9.99. The van der Waals surface area contributed by atoms with Gasteiger partial charge in [0.1, 0.15) is 19.3 Å². The molecule has 0 bridgehead atoms. The number of ether oxygens (including phenoxy) is 4. The number of carbonyl (C=O) groups excluding carboxylic acids is 4. The van der Waals surface area contributed by atoms with Gasteiger partial charge in [-0.2, -0.15) is 0 Å². The molecule has 0 saturated carbocycles. The monoisotopic (exact) mass is 1370 g/mol. The SMILES string of the molecule is CCCCCCCCCCCCCCCCC(=O)O[C@H](COC(=O)CCCCCCCCCCCCC)COP(=O)(O)OC[C@H](O)COP(=O)(O)OC[C@@H](COC(=O)CCCCCCCCCCCCC(C)CC)OC(=O)CCCCCCCCCCCCCC(C)C. The van der Waals surface area contributed by atoms with Gasteiger partial charge in [-0.1, -0.05) is 330 Å². The van der Waals surface area contributed by atoms with E-state index >= 15 is 0 Å². The standard InChI is InChI=1S/C74H144O17P2/c1-7-10-12-14-16-18-20-21-22-26-34-40-46-52-58-73(78)90-69(62-84-71(76)56-50-44-38-32-24-19-17-15-13-11-8-2)64-88-92(80,81)86-60-68(75)61-87-93(82,83)89-65-70(91-74(79)59-53-47-41-35-27-23-25-30-36-42-48-54-66(4)5)63-85-72(77)57-51-45-39-33-29-28-31-37-43-49-55-67(6)9-3/h66-70,75H,7-65H2,1-6H3,(H,80,81)(H,82,83)/t67?,68-,69+,70+/m0/s1. The van der Waals surface area contributed by atoms with Crippen LogP contribution in [0.3, 0.4) is 0 Å². The molecule has 0 aliphatic carbocycles. The molecule has 0 spiro atoms. The highest BCUT2D eigenvalue weighted by atomic mass is 31.2. The van der Waals surface area contributed by atoms with Gasteiger partial charge in [-0.15, -0.1) is 0 Å². The van der Waals surface area contributed by atoms with Crippen LogP contribution >= 0.6 is 15.6 Å². The lowest BCUT2D eigenvalue weighted by molar-refractivity contribution is -0.161. The van der Waals surface area contributed by atoms with Crippen LogP contribution in [0.25, 0.3) is 0 Å². The van der Waals surface area contributed by atoms with Crippen molar-refractivity contribution in [3.05, 3.63) is 0 Å². The van der Waals surface area contributed by atoms with Gasteiger partial charge in [0, 0.05) is 25.7 Å². The summed E-state index contributed by atoms with van der Waals surface area (Å²) in [6, 6.07) is 0. The Balaban J connectivity index is 5.27. The topological polar surface area (TPSA) is 237 Å². The number of carbonyl (C=O) groups is 4. The highest BCUT2D eigenvalue weighted by Crippen LogP contribution is 2.45. The maximum atomic E-state index is 13.1. The molecule has 0 saturated heterocycles. The van der Waals surface area contributed by atoms with Crippen molar-refractivity contribution in [2.75, 3.05) is 39.6 Å². The van der Waals surface area contributed by atoms with Crippen LogP contribution in [-0.4, -0.2) is 96.7 Å². The molecule has 0 rings (SSSR count). The average Bonchev–Trinajstić information content (AvgIpc) is 1.91. The van der Waals surface area contributed by atoms with Crippen LogP contribution in [0.5, 0.6) is 0 Å². The Morgan fingerprint density at radius 2 is 0.548 bits per heavy atom. The number of phosphoric acid groups is 2. The van der Waals surface area contributed by atoms with E-state index in [4.69, 9.17) is 37.0 Å². The van der Waals surface area contributed by atoms with E-state index in [2.05, 4.69) is 41.5 Å². The van der Waals surface area contributed by atoms with Gasteiger partial charge in [-0.3, -0.25) is 37.3 Å². The van der Waals surface area contributed by atoms with Crippen LogP contribution in [0.1, 0.15) is 382 Å². The molecule has 0 radical (unpaired) electrons. The fourth-order valence-corrected chi connectivity index (χ4v) is 12.8. The first-order chi connectivity index (χ1) is 44.9. The van der Waals surface area contributed by atoms with Gasteiger partial charge in [-0.05, 0) is 37.5 Å². The van der Waals surface area contributed by atoms with Gasteiger partial charge in [0.15, 0.2) is 12.2 Å². The summed E-state index contributed by atoms with van der Waals surface area (Å²) in [7, 11) is -9.91. The summed E-state index contributed by atoms with van der Waals surface area (Å²) in [5, 5.41) is 10.6. The second-order valence-electron chi connectivity index (χ2n) is 27.4. The molecule has 19 heteroatoms. The Labute approximate surface area is 568 Å². The molecule has 0 heterocycles. The van der Waals surface area contributed by atoms with Crippen molar-refractivity contribution in [3.63, 3.8) is 0 Å². The first-order valence-electron chi connectivity index (χ1n) is 38.5. The Morgan fingerprint density at radius 1 is 0.312 bits per heavy atom. The summed E-state index contributed by atoms with van der Waals surface area (Å²) in [6.45, 7) is 9.61. The molecule has 3 unspecified atom stereocenters. The molecule has 0 aromatic carbocycles. The molecule has 0 amide bonds. The summed E-state index contributed by atoms with van der Waals surface area (Å²) in [6.07, 6.45) is 52.4. The third-order valence-corrected chi connectivity index (χ3v) is 19.5. The van der Waals surface area contributed by atoms with E-state index < -0.39 is 97.5 Å². The van der Waals surface area contributed by atoms with Crippen molar-refractivity contribution < 1.29 is 80.2 Å². The summed E-state index contributed by atoms with van der Waals surface area (Å²) in [5.74, 6) is -0.541. The summed E-state index contributed by atoms with van der Waals surface area (Å²) >= 11 is 0. The van der Waals surface area contributed by atoms with E-state index in [1.54, 1.807) is 0 Å². The number of esters is 4. The van der Waals surface area contributed by atoms with E-state index in [-0.39, 0.29) is 25.7 Å². The van der Waals surface area contributed by atoms with Crippen molar-refractivity contribution in [3.8, 4) is 0 Å². The molecule has 6 atom stereocenters. The second-order valence-corrected chi connectivity index (χ2v) is 30.3. The average molecular weight is 1370 g/mol. The number of aliphatic hydroxyl groups is 1. The summed E-state index contributed by atoms with van der Waals surface area (Å²) in [4.78, 5) is 72.8. The van der Waals surface area contributed by atoms with E-state index in [0.717, 1.165) is 102 Å². The predicted octanol–water partition coefficient (Wildman–Crippen LogP) is 21.6. The highest BCUT2D eigenvalue weighted by molar-refractivity contribution is 7.47. The minimum atomic E-state index is -4.96. The zero-order valence-corrected chi connectivity index (χ0v) is 62.3. The van der Waals surface area contributed by atoms with Crippen LogP contribution in [-0.2, 0) is 65.4 Å². The first kappa shape index (κ1) is 91.1. The highest BCUT2D eigenvalue weighted by Gasteiger charge is 2.30. The zero-order chi connectivity index (χ0) is 68.6. The molecule has 0 fully saturated rings. The van der Waals surface area contributed by atoms with E-state index in [1.807, 2.05) is 0 Å². The molecule has 93 heavy (non-hydrogen) atoms. The molecule has 0 aromatic heterocycles. The van der Waals surface area contributed by atoms with E-state index in [0.29, 0.717) is 25.7 Å². The van der Waals surface area contributed by atoms with Crippen molar-refractivity contribution >= 4 is 39.5 Å². The fraction of sp³-hybridized carbons (Fsp3) is 0.946. The van der Waals surface area contributed by atoms with Gasteiger partial charge in [-0.25, -0.2) is 9.13 Å². The van der Waals surface area contributed by atoms with E-state index in [1.165, 1.54) is 199 Å². The third-order valence-electron chi connectivity index (χ3n) is 17.6. The smallest absolute Gasteiger partial charge is 0.462 e.